The van der Waals surface area contributed by atoms with E-state index in [2.05, 4.69) is 0 Å². The molecule has 6 heteroatoms. The summed E-state index contributed by atoms with van der Waals surface area (Å²) in [5, 5.41) is 9.50. The standard InChI is InChI=1S/C20H26N2O4/c1-14-9-11-22(17(12-14)20(25)26)19(24)16-8-5-10-21(13-16)18(23)15-6-3-2-4-7-15/h2-4,6-7,14,16-17H,5,8-13H2,1H3,(H,25,26). The summed E-state index contributed by atoms with van der Waals surface area (Å²) >= 11 is 0. The average molecular weight is 358 g/mol. The van der Waals surface area contributed by atoms with Crippen LogP contribution < -0.4 is 0 Å². The van der Waals surface area contributed by atoms with Crippen LogP contribution in [0.3, 0.4) is 0 Å². The molecule has 1 aromatic rings. The summed E-state index contributed by atoms with van der Waals surface area (Å²) in [6.07, 6.45) is 2.79. The van der Waals surface area contributed by atoms with Crippen LogP contribution in [0.4, 0.5) is 0 Å². The lowest BCUT2D eigenvalue weighted by Crippen LogP contribution is -2.54. The minimum Gasteiger partial charge on any atom is -0.480 e. The number of amides is 2. The van der Waals surface area contributed by atoms with E-state index in [1.54, 1.807) is 17.0 Å². The zero-order valence-corrected chi connectivity index (χ0v) is 15.1. The number of carbonyl (C=O) groups excluding carboxylic acids is 2. The number of carboxylic acids is 1. The van der Waals surface area contributed by atoms with Gasteiger partial charge in [-0.25, -0.2) is 4.79 Å². The van der Waals surface area contributed by atoms with Gasteiger partial charge in [-0.05, 0) is 43.7 Å². The first-order valence-electron chi connectivity index (χ1n) is 9.35. The number of piperidine rings is 2. The lowest BCUT2D eigenvalue weighted by atomic mass is 9.89. The molecular formula is C20H26N2O4. The van der Waals surface area contributed by atoms with Crippen LogP contribution in [-0.2, 0) is 9.59 Å². The summed E-state index contributed by atoms with van der Waals surface area (Å²) in [5.41, 5.74) is 0.621. The highest BCUT2D eigenvalue weighted by atomic mass is 16.4. The van der Waals surface area contributed by atoms with E-state index in [-0.39, 0.29) is 17.7 Å². The summed E-state index contributed by atoms with van der Waals surface area (Å²) in [7, 11) is 0. The number of benzene rings is 1. The van der Waals surface area contributed by atoms with Crippen LogP contribution in [0.1, 0.15) is 43.0 Å². The fourth-order valence-corrected chi connectivity index (χ4v) is 4.00. The summed E-state index contributed by atoms with van der Waals surface area (Å²) in [6.45, 7) is 3.51. The van der Waals surface area contributed by atoms with Gasteiger partial charge in [-0.1, -0.05) is 25.1 Å². The highest BCUT2D eigenvalue weighted by Crippen LogP contribution is 2.27. The Morgan fingerprint density at radius 3 is 2.50 bits per heavy atom. The minimum absolute atomic E-state index is 0.0647. The van der Waals surface area contributed by atoms with Crippen LogP contribution in [0, 0.1) is 11.8 Å². The molecule has 0 saturated carbocycles. The van der Waals surface area contributed by atoms with E-state index >= 15 is 0 Å². The second kappa shape index (κ2) is 7.89. The van der Waals surface area contributed by atoms with Crippen molar-refractivity contribution >= 4 is 17.8 Å². The van der Waals surface area contributed by atoms with Crippen LogP contribution in [0.2, 0.25) is 0 Å². The van der Waals surface area contributed by atoms with E-state index in [0.29, 0.717) is 44.0 Å². The largest absolute Gasteiger partial charge is 0.480 e. The molecule has 2 heterocycles. The second-order valence-electron chi connectivity index (χ2n) is 7.47. The molecule has 6 nitrogen and oxygen atoms in total. The Bertz CT molecular complexity index is 676. The van der Waals surface area contributed by atoms with Crippen molar-refractivity contribution in [3.63, 3.8) is 0 Å². The van der Waals surface area contributed by atoms with Gasteiger partial charge in [0.15, 0.2) is 0 Å². The molecule has 1 N–H and O–H groups in total. The maximum Gasteiger partial charge on any atom is 0.326 e. The number of nitrogens with zero attached hydrogens (tertiary/aromatic N) is 2. The fraction of sp³-hybridized carbons (Fsp3) is 0.550. The summed E-state index contributed by atoms with van der Waals surface area (Å²) < 4.78 is 0. The molecule has 26 heavy (non-hydrogen) atoms. The summed E-state index contributed by atoms with van der Waals surface area (Å²) in [6, 6.07) is 8.33. The predicted octanol–water partition coefficient (Wildman–Crippen LogP) is 2.25. The van der Waals surface area contributed by atoms with Crippen molar-refractivity contribution in [1.29, 1.82) is 0 Å². The van der Waals surface area contributed by atoms with Crippen LogP contribution in [0.15, 0.2) is 30.3 Å². The Morgan fingerprint density at radius 1 is 1.08 bits per heavy atom. The molecule has 2 fully saturated rings. The minimum atomic E-state index is -0.932. The third-order valence-electron chi connectivity index (χ3n) is 5.51. The molecule has 0 bridgehead atoms. The smallest absolute Gasteiger partial charge is 0.326 e. The highest BCUT2D eigenvalue weighted by molar-refractivity contribution is 5.94. The number of likely N-dealkylation sites (tertiary alicyclic amines) is 2. The first kappa shape index (κ1) is 18.4. The third kappa shape index (κ3) is 3.89. The van der Waals surface area contributed by atoms with E-state index in [1.165, 1.54) is 4.90 Å². The van der Waals surface area contributed by atoms with E-state index in [9.17, 15) is 19.5 Å². The van der Waals surface area contributed by atoms with Gasteiger partial charge in [0.25, 0.3) is 5.91 Å². The van der Waals surface area contributed by atoms with Crippen molar-refractivity contribution < 1.29 is 19.5 Å². The number of hydrogen-bond donors (Lipinski definition) is 1. The molecule has 2 amide bonds. The normalized spacial score (nSPS) is 26.4. The van der Waals surface area contributed by atoms with E-state index in [1.807, 2.05) is 25.1 Å². The average Bonchev–Trinajstić information content (AvgIpc) is 2.67. The second-order valence-corrected chi connectivity index (χ2v) is 7.47. The van der Waals surface area contributed by atoms with Crippen molar-refractivity contribution in [2.24, 2.45) is 11.8 Å². The molecule has 3 unspecified atom stereocenters. The number of rotatable bonds is 3. The van der Waals surface area contributed by atoms with Crippen LogP contribution in [-0.4, -0.2) is 58.4 Å². The summed E-state index contributed by atoms with van der Waals surface area (Å²) in [4.78, 5) is 40.5. The van der Waals surface area contributed by atoms with Crippen molar-refractivity contribution in [2.45, 2.75) is 38.6 Å². The Morgan fingerprint density at radius 2 is 1.81 bits per heavy atom. The highest BCUT2D eigenvalue weighted by Gasteiger charge is 2.39. The quantitative estimate of drug-likeness (QED) is 0.899. The Labute approximate surface area is 153 Å². The van der Waals surface area contributed by atoms with Crippen molar-refractivity contribution in [1.82, 2.24) is 9.80 Å². The number of aliphatic carboxylic acids is 1. The molecule has 0 aliphatic carbocycles. The van der Waals surface area contributed by atoms with Crippen LogP contribution >= 0.6 is 0 Å². The van der Waals surface area contributed by atoms with E-state index in [0.717, 1.165) is 12.8 Å². The van der Waals surface area contributed by atoms with Gasteiger partial charge < -0.3 is 14.9 Å². The monoisotopic (exact) mass is 358 g/mol. The molecule has 3 atom stereocenters. The van der Waals surface area contributed by atoms with E-state index in [4.69, 9.17) is 0 Å². The van der Waals surface area contributed by atoms with Crippen LogP contribution in [0.25, 0.3) is 0 Å². The van der Waals surface area contributed by atoms with Gasteiger partial charge in [0, 0.05) is 25.2 Å². The molecule has 2 aliphatic heterocycles. The van der Waals surface area contributed by atoms with E-state index < -0.39 is 12.0 Å². The molecule has 2 saturated heterocycles. The number of hydrogen-bond acceptors (Lipinski definition) is 3. The predicted molar refractivity (Wildman–Crippen MR) is 96.6 cm³/mol. The van der Waals surface area contributed by atoms with Crippen molar-refractivity contribution in [2.75, 3.05) is 19.6 Å². The van der Waals surface area contributed by atoms with Crippen molar-refractivity contribution in [3.05, 3.63) is 35.9 Å². The lowest BCUT2D eigenvalue weighted by molar-refractivity contribution is -0.155. The van der Waals surface area contributed by atoms with Crippen LogP contribution in [0.5, 0.6) is 0 Å². The Hall–Kier alpha value is -2.37. The first-order valence-corrected chi connectivity index (χ1v) is 9.35. The third-order valence-corrected chi connectivity index (χ3v) is 5.51. The molecule has 0 radical (unpaired) electrons. The maximum atomic E-state index is 13.0. The zero-order valence-electron chi connectivity index (χ0n) is 15.1. The SMILES string of the molecule is CC1CCN(C(=O)C2CCCN(C(=O)c3ccccc3)C2)C(C(=O)O)C1. The topological polar surface area (TPSA) is 77.9 Å². The lowest BCUT2D eigenvalue weighted by Gasteiger charge is -2.40. The molecule has 0 spiro atoms. The first-order chi connectivity index (χ1) is 12.5. The van der Waals surface area contributed by atoms with Gasteiger partial charge in [-0.15, -0.1) is 0 Å². The zero-order chi connectivity index (χ0) is 18.7. The molecule has 0 aromatic heterocycles. The van der Waals surface area contributed by atoms with Gasteiger partial charge in [-0.3, -0.25) is 9.59 Å². The van der Waals surface area contributed by atoms with Gasteiger partial charge in [-0.2, -0.15) is 0 Å². The number of carboxylic acid groups (broad SMARTS) is 1. The fourth-order valence-electron chi connectivity index (χ4n) is 4.00. The van der Waals surface area contributed by atoms with Gasteiger partial charge in [0.2, 0.25) is 5.91 Å². The Balaban J connectivity index is 1.69. The van der Waals surface area contributed by atoms with Crippen molar-refractivity contribution in [3.8, 4) is 0 Å². The van der Waals surface area contributed by atoms with Gasteiger partial charge in [0.05, 0.1) is 5.92 Å². The number of carbonyl (C=O) groups is 3. The molecule has 140 valence electrons. The molecule has 1 aromatic carbocycles. The Kier molecular flexibility index (Phi) is 5.59. The molecular weight excluding hydrogens is 332 g/mol. The van der Waals surface area contributed by atoms with Gasteiger partial charge >= 0.3 is 5.97 Å². The molecule has 3 rings (SSSR count). The maximum absolute atomic E-state index is 13.0. The van der Waals surface area contributed by atoms with Gasteiger partial charge in [0.1, 0.15) is 6.04 Å². The molecule has 2 aliphatic rings. The summed E-state index contributed by atoms with van der Waals surface area (Å²) in [5.74, 6) is -1.12.